The van der Waals surface area contributed by atoms with Gasteiger partial charge in [-0.25, -0.2) is 4.79 Å². The Balaban J connectivity index is 1.71. The molecule has 0 aliphatic carbocycles. The second-order valence-corrected chi connectivity index (χ2v) is 5.56. The number of para-hydroxylation sites is 1. The van der Waals surface area contributed by atoms with Crippen LogP contribution >= 0.6 is 11.6 Å². The summed E-state index contributed by atoms with van der Waals surface area (Å²) in [4.78, 5) is 24.1. The van der Waals surface area contributed by atoms with Gasteiger partial charge in [-0.2, -0.15) is 0 Å². The third-order valence-corrected chi connectivity index (χ3v) is 3.71. The summed E-state index contributed by atoms with van der Waals surface area (Å²) in [5.41, 5.74) is 0.857. The zero-order chi connectivity index (χ0) is 16.2. The molecule has 1 amide bonds. The highest BCUT2D eigenvalue weighted by Crippen LogP contribution is 2.13. The lowest BCUT2D eigenvalue weighted by Gasteiger charge is -2.06. The van der Waals surface area contributed by atoms with Crippen molar-refractivity contribution < 1.29 is 9.21 Å². The van der Waals surface area contributed by atoms with Gasteiger partial charge in [-0.05, 0) is 36.2 Å². The van der Waals surface area contributed by atoms with Gasteiger partial charge in [-0.1, -0.05) is 41.9 Å². The predicted molar refractivity (Wildman–Crippen MR) is 90.0 cm³/mol. The smallest absolute Gasteiger partial charge is 0.349 e. The van der Waals surface area contributed by atoms with Gasteiger partial charge in [0.05, 0.1) is 0 Å². The largest absolute Gasteiger partial charge is 0.422 e. The predicted octanol–water partition coefficient (Wildman–Crippen LogP) is 3.42. The quantitative estimate of drug-likeness (QED) is 0.747. The summed E-state index contributed by atoms with van der Waals surface area (Å²) in [7, 11) is 0. The van der Waals surface area contributed by atoms with E-state index in [1.807, 2.05) is 24.3 Å². The first-order chi connectivity index (χ1) is 11.1. The normalized spacial score (nSPS) is 10.7. The van der Waals surface area contributed by atoms with Crippen LogP contribution in [0.3, 0.4) is 0 Å². The van der Waals surface area contributed by atoms with Crippen molar-refractivity contribution in [3.63, 3.8) is 0 Å². The Morgan fingerprint density at radius 1 is 1.09 bits per heavy atom. The Morgan fingerprint density at radius 2 is 1.91 bits per heavy atom. The minimum Gasteiger partial charge on any atom is -0.422 e. The zero-order valence-electron chi connectivity index (χ0n) is 12.2. The number of benzene rings is 2. The molecule has 0 atom stereocenters. The molecule has 0 aliphatic rings. The van der Waals surface area contributed by atoms with Gasteiger partial charge in [-0.15, -0.1) is 0 Å². The fourth-order valence-corrected chi connectivity index (χ4v) is 2.54. The van der Waals surface area contributed by atoms with Crippen molar-refractivity contribution in [3.05, 3.63) is 81.2 Å². The van der Waals surface area contributed by atoms with Crippen LogP contribution in [0.15, 0.2) is 63.8 Å². The molecule has 116 valence electrons. The topological polar surface area (TPSA) is 59.3 Å². The monoisotopic (exact) mass is 327 g/mol. The third-order valence-electron chi connectivity index (χ3n) is 3.47. The van der Waals surface area contributed by atoms with Gasteiger partial charge in [0.25, 0.3) is 5.91 Å². The fraction of sp³-hybridized carbons (Fsp3) is 0.111. The van der Waals surface area contributed by atoms with E-state index in [1.165, 1.54) is 0 Å². The molecular weight excluding hydrogens is 314 g/mol. The van der Waals surface area contributed by atoms with E-state index in [0.29, 0.717) is 29.0 Å². The molecule has 0 spiro atoms. The van der Waals surface area contributed by atoms with Gasteiger partial charge in [0.2, 0.25) is 0 Å². The van der Waals surface area contributed by atoms with E-state index >= 15 is 0 Å². The Morgan fingerprint density at radius 3 is 2.74 bits per heavy atom. The lowest BCUT2D eigenvalue weighted by atomic mass is 10.1. The summed E-state index contributed by atoms with van der Waals surface area (Å²) in [6.45, 7) is 0.408. The number of fused-ring (bicyclic) bond motifs is 1. The van der Waals surface area contributed by atoms with Crippen LogP contribution < -0.4 is 10.9 Å². The van der Waals surface area contributed by atoms with Gasteiger partial charge >= 0.3 is 5.63 Å². The highest BCUT2D eigenvalue weighted by molar-refractivity contribution is 6.30. The van der Waals surface area contributed by atoms with Crippen LogP contribution in [0, 0.1) is 0 Å². The standard InChI is InChI=1S/C18H14ClNO3/c19-14-6-3-4-12(10-14)8-9-20-17(21)15-11-13-5-1-2-7-16(13)23-18(15)22/h1-7,10-11H,8-9H2,(H,20,21). The van der Waals surface area contributed by atoms with Crippen molar-refractivity contribution >= 4 is 28.5 Å². The molecule has 0 radical (unpaired) electrons. The Kier molecular flexibility index (Phi) is 4.44. The maximum absolute atomic E-state index is 12.2. The Labute approximate surface area is 137 Å². The third kappa shape index (κ3) is 3.60. The maximum atomic E-state index is 12.2. The van der Waals surface area contributed by atoms with Crippen molar-refractivity contribution in [1.29, 1.82) is 0 Å². The molecule has 2 aromatic carbocycles. The number of hydrogen-bond donors (Lipinski definition) is 1. The number of hydrogen-bond acceptors (Lipinski definition) is 3. The van der Waals surface area contributed by atoms with E-state index in [0.717, 1.165) is 5.56 Å². The zero-order valence-corrected chi connectivity index (χ0v) is 13.0. The SMILES string of the molecule is O=C(NCCc1cccc(Cl)c1)c1cc2ccccc2oc1=O. The molecule has 23 heavy (non-hydrogen) atoms. The molecule has 3 rings (SSSR count). The van der Waals surface area contributed by atoms with Gasteiger partial charge < -0.3 is 9.73 Å². The Hall–Kier alpha value is -2.59. The van der Waals surface area contributed by atoms with Crippen LogP contribution in [0.5, 0.6) is 0 Å². The number of carbonyl (C=O) groups is 1. The highest BCUT2D eigenvalue weighted by Gasteiger charge is 2.13. The minimum atomic E-state index is -0.635. The molecule has 3 aromatic rings. The first-order valence-electron chi connectivity index (χ1n) is 7.19. The minimum absolute atomic E-state index is 0.00907. The van der Waals surface area contributed by atoms with Gasteiger partial charge in [0.1, 0.15) is 11.1 Å². The lowest BCUT2D eigenvalue weighted by Crippen LogP contribution is -2.29. The summed E-state index contributed by atoms with van der Waals surface area (Å²) >= 11 is 5.92. The van der Waals surface area contributed by atoms with Crippen LogP contribution in [0.2, 0.25) is 5.02 Å². The van der Waals surface area contributed by atoms with Crippen molar-refractivity contribution in [1.82, 2.24) is 5.32 Å². The van der Waals surface area contributed by atoms with Gasteiger partial charge in [0, 0.05) is 17.0 Å². The molecule has 5 heteroatoms. The van der Waals surface area contributed by atoms with Crippen LogP contribution in [-0.4, -0.2) is 12.5 Å². The van der Waals surface area contributed by atoms with Crippen LogP contribution in [0.4, 0.5) is 0 Å². The summed E-state index contributed by atoms with van der Waals surface area (Å²) in [6.07, 6.45) is 0.630. The first-order valence-corrected chi connectivity index (χ1v) is 7.57. The van der Waals surface area contributed by atoms with E-state index in [-0.39, 0.29) is 5.56 Å². The second-order valence-electron chi connectivity index (χ2n) is 5.12. The average molecular weight is 328 g/mol. The number of carbonyl (C=O) groups excluding carboxylic acids is 1. The van der Waals surface area contributed by atoms with Crippen molar-refractivity contribution in [2.45, 2.75) is 6.42 Å². The van der Waals surface area contributed by atoms with Crippen LogP contribution in [0.1, 0.15) is 15.9 Å². The fourth-order valence-electron chi connectivity index (χ4n) is 2.33. The maximum Gasteiger partial charge on any atom is 0.349 e. The molecule has 0 unspecified atom stereocenters. The average Bonchev–Trinajstić information content (AvgIpc) is 2.54. The molecule has 0 bridgehead atoms. The van der Waals surface area contributed by atoms with E-state index in [9.17, 15) is 9.59 Å². The second kappa shape index (κ2) is 6.67. The number of amides is 1. The summed E-state index contributed by atoms with van der Waals surface area (Å²) in [5, 5.41) is 4.10. The number of nitrogens with one attached hydrogen (secondary N) is 1. The van der Waals surface area contributed by atoms with E-state index < -0.39 is 11.5 Å². The van der Waals surface area contributed by atoms with Crippen molar-refractivity contribution in [2.75, 3.05) is 6.54 Å². The van der Waals surface area contributed by atoms with Crippen LogP contribution in [-0.2, 0) is 6.42 Å². The Bertz CT molecular complexity index is 917. The van der Waals surface area contributed by atoms with E-state index in [2.05, 4.69) is 5.32 Å². The first kappa shape index (κ1) is 15.3. The van der Waals surface area contributed by atoms with Crippen LogP contribution in [0.25, 0.3) is 11.0 Å². The summed E-state index contributed by atoms with van der Waals surface area (Å²) in [5.74, 6) is -0.438. The highest BCUT2D eigenvalue weighted by atomic mass is 35.5. The number of rotatable bonds is 4. The van der Waals surface area contributed by atoms with E-state index in [4.69, 9.17) is 16.0 Å². The van der Waals surface area contributed by atoms with E-state index in [1.54, 1.807) is 30.3 Å². The number of halogens is 1. The molecular formula is C18H14ClNO3. The molecule has 0 saturated carbocycles. The molecule has 0 fully saturated rings. The van der Waals surface area contributed by atoms with Crippen molar-refractivity contribution in [2.24, 2.45) is 0 Å². The van der Waals surface area contributed by atoms with Gasteiger partial charge in [-0.3, -0.25) is 4.79 Å². The lowest BCUT2D eigenvalue weighted by molar-refractivity contribution is 0.0950. The molecule has 0 saturated heterocycles. The molecule has 1 aromatic heterocycles. The van der Waals surface area contributed by atoms with Gasteiger partial charge in [0.15, 0.2) is 0 Å². The molecule has 0 aliphatic heterocycles. The molecule has 1 N–H and O–H groups in total. The summed E-state index contributed by atoms with van der Waals surface area (Å²) < 4.78 is 5.16. The molecule has 1 heterocycles. The molecule has 4 nitrogen and oxygen atoms in total. The summed E-state index contributed by atoms with van der Waals surface area (Å²) in [6, 6.07) is 16.1. The van der Waals surface area contributed by atoms with Crippen molar-refractivity contribution in [3.8, 4) is 0 Å².